The number of rotatable bonds is 4. The minimum Gasteiger partial charge on any atom is -0.324 e. The predicted octanol–water partition coefficient (Wildman–Crippen LogP) is 5.93. The van der Waals surface area contributed by atoms with Crippen molar-refractivity contribution in [2.45, 2.75) is 12.0 Å². The average molecular weight is 470 g/mol. The van der Waals surface area contributed by atoms with Crippen molar-refractivity contribution >= 4 is 62.9 Å². The van der Waals surface area contributed by atoms with Crippen LogP contribution in [-0.4, -0.2) is 22.4 Å². The highest BCUT2D eigenvalue weighted by Crippen LogP contribution is 2.41. The number of halogens is 3. The van der Waals surface area contributed by atoms with Gasteiger partial charge in [-0.25, -0.2) is 4.99 Å². The zero-order valence-corrected chi connectivity index (χ0v) is 17.6. The number of fused-ring (bicyclic) bond motifs is 1. The molecule has 0 saturated carbocycles. The van der Waals surface area contributed by atoms with Gasteiger partial charge in [0.05, 0.1) is 6.54 Å². The summed E-state index contributed by atoms with van der Waals surface area (Å²) in [5.74, 6) is 0.0473. The second-order valence-electron chi connectivity index (χ2n) is 6.07. The molecule has 2 aromatic carbocycles. The number of carbonyl (C=O) groups is 1. The van der Waals surface area contributed by atoms with E-state index < -0.39 is 5.54 Å². The standard InChI is InChI=1S/C19H14Cl2N2OS.BrH/c20-15-5-1-13(2-6-15)17(24)11-19(14-3-7-16(21)8-4-14)12-23-9-10-25-18(23)22-19;/h1-10H,11-12H2;1H. The van der Waals surface area contributed by atoms with Crippen molar-refractivity contribution in [3.8, 4) is 0 Å². The lowest BCUT2D eigenvalue weighted by molar-refractivity contribution is 0.0950. The van der Waals surface area contributed by atoms with Gasteiger partial charge in [0.25, 0.3) is 0 Å². The van der Waals surface area contributed by atoms with E-state index in [0.29, 0.717) is 28.6 Å². The molecule has 0 fully saturated rings. The second kappa shape index (κ2) is 7.77. The second-order valence-corrected chi connectivity index (χ2v) is 7.82. The van der Waals surface area contributed by atoms with Crippen molar-refractivity contribution in [3.63, 3.8) is 0 Å². The summed E-state index contributed by atoms with van der Waals surface area (Å²) < 4.78 is 0. The van der Waals surface area contributed by atoms with E-state index in [-0.39, 0.29) is 22.8 Å². The maximum atomic E-state index is 12.9. The van der Waals surface area contributed by atoms with Gasteiger partial charge in [0.1, 0.15) is 5.54 Å². The highest BCUT2D eigenvalue weighted by molar-refractivity contribution is 8.93. The first kappa shape index (κ1) is 19.5. The molecule has 3 nitrogen and oxygen atoms in total. The summed E-state index contributed by atoms with van der Waals surface area (Å²) in [7, 11) is 0. The third kappa shape index (κ3) is 3.72. The van der Waals surface area contributed by atoms with Crippen molar-refractivity contribution in [2.75, 3.05) is 6.54 Å². The van der Waals surface area contributed by atoms with E-state index in [2.05, 4.69) is 4.90 Å². The summed E-state index contributed by atoms with van der Waals surface area (Å²) in [5, 5.41) is 4.22. The molecule has 0 N–H and O–H groups in total. The van der Waals surface area contributed by atoms with Gasteiger partial charge >= 0.3 is 0 Å². The van der Waals surface area contributed by atoms with Gasteiger partial charge in [-0.2, -0.15) is 0 Å². The van der Waals surface area contributed by atoms with Gasteiger partial charge in [-0.3, -0.25) is 4.79 Å². The van der Waals surface area contributed by atoms with Gasteiger partial charge in [0, 0.05) is 28.2 Å². The molecule has 1 atom stereocenters. The van der Waals surface area contributed by atoms with Crippen molar-refractivity contribution in [1.29, 1.82) is 0 Å². The van der Waals surface area contributed by atoms with Crippen LogP contribution in [0.2, 0.25) is 10.0 Å². The van der Waals surface area contributed by atoms with E-state index in [9.17, 15) is 4.79 Å². The van der Waals surface area contributed by atoms with E-state index in [4.69, 9.17) is 28.2 Å². The van der Waals surface area contributed by atoms with Crippen LogP contribution >= 0.6 is 51.9 Å². The quantitative estimate of drug-likeness (QED) is 0.520. The molecule has 0 saturated heterocycles. The Bertz CT molecular complexity index is 883. The van der Waals surface area contributed by atoms with E-state index in [1.165, 1.54) is 0 Å². The normalized spacial score (nSPS) is 20.5. The van der Waals surface area contributed by atoms with E-state index in [0.717, 1.165) is 10.7 Å². The number of aliphatic imine (C=N–C) groups is 1. The maximum absolute atomic E-state index is 12.9. The van der Waals surface area contributed by atoms with E-state index >= 15 is 0 Å². The van der Waals surface area contributed by atoms with Gasteiger partial charge in [0.2, 0.25) is 0 Å². The molecule has 2 heterocycles. The number of carbonyl (C=O) groups excluding carboxylic acids is 1. The highest BCUT2D eigenvalue weighted by Gasteiger charge is 2.43. The molecule has 2 aromatic rings. The molecular formula is C19H15BrCl2N2OS. The Hall–Kier alpha value is -1.27. The Balaban J connectivity index is 0.00000196. The van der Waals surface area contributed by atoms with E-state index in [1.54, 1.807) is 36.0 Å². The van der Waals surface area contributed by atoms with Crippen molar-refractivity contribution in [2.24, 2.45) is 4.99 Å². The smallest absolute Gasteiger partial charge is 0.168 e. The highest BCUT2D eigenvalue weighted by atomic mass is 79.9. The topological polar surface area (TPSA) is 32.7 Å². The zero-order chi connectivity index (χ0) is 17.4. The number of hydrogen-bond acceptors (Lipinski definition) is 4. The molecule has 134 valence electrons. The molecule has 1 unspecified atom stereocenters. The van der Waals surface area contributed by atoms with Gasteiger partial charge in [0.15, 0.2) is 11.0 Å². The number of nitrogens with zero attached hydrogens (tertiary/aromatic N) is 2. The molecule has 7 heteroatoms. The van der Waals surface area contributed by atoms with E-state index in [1.807, 2.05) is 35.9 Å². The van der Waals surface area contributed by atoms with Crippen LogP contribution in [0.4, 0.5) is 0 Å². The van der Waals surface area contributed by atoms with Crippen LogP contribution in [-0.2, 0) is 5.54 Å². The largest absolute Gasteiger partial charge is 0.324 e. The number of Topliss-reactive ketones (excluding diaryl/α,β-unsaturated/α-hetero) is 1. The van der Waals surface area contributed by atoms with Crippen LogP contribution in [0.25, 0.3) is 0 Å². The monoisotopic (exact) mass is 468 g/mol. The molecule has 0 spiro atoms. The lowest BCUT2D eigenvalue weighted by Crippen LogP contribution is -2.33. The van der Waals surface area contributed by atoms with Crippen LogP contribution in [0.5, 0.6) is 0 Å². The number of amidine groups is 1. The minimum atomic E-state index is -0.603. The summed E-state index contributed by atoms with van der Waals surface area (Å²) in [4.78, 5) is 19.9. The fourth-order valence-electron chi connectivity index (χ4n) is 3.12. The lowest BCUT2D eigenvalue weighted by Gasteiger charge is -2.27. The van der Waals surface area contributed by atoms with Crippen LogP contribution < -0.4 is 0 Å². The number of benzene rings is 2. The van der Waals surface area contributed by atoms with Gasteiger partial charge in [-0.15, -0.1) is 17.0 Å². The molecule has 2 aliphatic rings. The summed E-state index contributed by atoms with van der Waals surface area (Å²) in [6.07, 6.45) is 2.30. The number of thioether (sulfide) groups is 1. The fourth-order valence-corrected chi connectivity index (χ4v) is 4.19. The Morgan fingerprint density at radius 3 is 2.31 bits per heavy atom. The molecule has 0 amide bonds. The van der Waals surface area contributed by atoms with Crippen molar-refractivity contribution in [1.82, 2.24) is 4.90 Å². The van der Waals surface area contributed by atoms with Gasteiger partial charge < -0.3 is 4.90 Å². The Labute approximate surface area is 176 Å². The summed E-state index contributed by atoms with van der Waals surface area (Å²) in [6.45, 7) is 0.646. The summed E-state index contributed by atoms with van der Waals surface area (Å²) >= 11 is 13.5. The molecule has 0 radical (unpaired) electrons. The van der Waals surface area contributed by atoms with Gasteiger partial charge in [-0.1, -0.05) is 47.1 Å². The Morgan fingerprint density at radius 1 is 1.08 bits per heavy atom. The Kier molecular flexibility index (Phi) is 5.82. The van der Waals surface area contributed by atoms with Crippen LogP contribution in [0.3, 0.4) is 0 Å². The fraction of sp³-hybridized carbons (Fsp3) is 0.158. The first-order valence-electron chi connectivity index (χ1n) is 7.80. The SMILES string of the molecule is Br.O=C(CC1(c2ccc(Cl)cc2)CN2C=CSC2=N1)c1ccc(Cl)cc1. The predicted molar refractivity (Wildman–Crippen MR) is 115 cm³/mol. The van der Waals surface area contributed by atoms with Crippen LogP contribution in [0.1, 0.15) is 22.3 Å². The van der Waals surface area contributed by atoms with Crippen LogP contribution in [0.15, 0.2) is 65.1 Å². The van der Waals surface area contributed by atoms with Crippen LogP contribution in [0, 0.1) is 0 Å². The molecule has 0 bridgehead atoms. The van der Waals surface area contributed by atoms with Gasteiger partial charge in [-0.05, 0) is 47.4 Å². The Morgan fingerprint density at radius 2 is 1.69 bits per heavy atom. The first-order chi connectivity index (χ1) is 12.1. The van der Waals surface area contributed by atoms with Crippen molar-refractivity contribution in [3.05, 3.63) is 81.3 Å². The third-order valence-corrected chi connectivity index (χ3v) is 5.70. The average Bonchev–Trinajstić information content (AvgIpc) is 3.15. The molecule has 2 aliphatic heterocycles. The summed E-state index contributed by atoms with van der Waals surface area (Å²) in [5.41, 5.74) is 1.04. The molecular weight excluding hydrogens is 455 g/mol. The molecule has 4 rings (SSSR count). The first-order valence-corrected chi connectivity index (χ1v) is 9.44. The number of hydrogen-bond donors (Lipinski definition) is 0. The third-order valence-electron chi connectivity index (χ3n) is 4.40. The maximum Gasteiger partial charge on any atom is 0.168 e. The van der Waals surface area contributed by atoms with Crippen molar-refractivity contribution < 1.29 is 4.79 Å². The lowest BCUT2D eigenvalue weighted by atomic mass is 9.84. The number of ketones is 1. The molecule has 0 aromatic heterocycles. The minimum absolute atomic E-state index is 0. The molecule has 26 heavy (non-hydrogen) atoms. The molecule has 0 aliphatic carbocycles. The zero-order valence-electron chi connectivity index (χ0n) is 13.6. The summed E-state index contributed by atoms with van der Waals surface area (Å²) in [6, 6.07) is 14.6.